The molecule has 1 fully saturated rings. The van der Waals surface area contributed by atoms with Crippen molar-refractivity contribution in [3.8, 4) is 5.75 Å². The zero-order valence-electron chi connectivity index (χ0n) is 12.2. The molecular weight excluding hydrogens is 347 g/mol. The SMILES string of the molecule is O=C(C[C@H]1SC2=NCCN2C1=O)Nc1ccc(OC(F)(F)F)cc1. The molecule has 2 aliphatic heterocycles. The number of halogens is 3. The van der Waals surface area contributed by atoms with Gasteiger partial charge in [0.15, 0.2) is 5.17 Å². The number of anilines is 1. The summed E-state index contributed by atoms with van der Waals surface area (Å²) in [5.41, 5.74) is 0.322. The molecule has 10 heteroatoms. The first-order chi connectivity index (χ1) is 11.3. The average Bonchev–Trinajstić information content (AvgIpc) is 3.04. The van der Waals surface area contributed by atoms with E-state index in [-0.39, 0.29) is 18.1 Å². The van der Waals surface area contributed by atoms with Crippen LogP contribution in [0.15, 0.2) is 29.3 Å². The predicted octanol–water partition coefficient (Wildman–Crippen LogP) is 2.23. The van der Waals surface area contributed by atoms with Crippen LogP contribution < -0.4 is 10.1 Å². The minimum atomic E-state index is -4.76. The summed E-state index contributed by atoms with van der Waals surface area (Å²) in [6.45, 7) is 1.12. The molecule has 2 amide bonds. The molecule has 1 aromatic carbocycles. The Morgan fingerprint density at radius 3 is 2.71 bits per heavy atom. The number of nitrogens with one attached hydrogen (secondary N) is 1. The van der Waals surface area contributed by atoms with Crippen molar-refractivity contribution in [2.45, 2.75) is 18.0 Å². The second-order valence-corrected chi connectivity index (χ2v) is 6.26. The highest BCUT2D eigenvalue weighted by molar-refractivity contribution is 8.15. The standard InChI is InChI=1S/C14H12F3N3O3S/c15-14(16,17)23-9-3-1-8(2-4-9)19-11(21)7-10-12(22)20-6-5-18-13(20)24-10/h1-4,10H,5-7H2,(H,19,21)/t10-/m1/s1. The van der Waals surface area contributed by atoms with E-state index >= 15 is 0 Å². The van der Waals surface area contributed by atoms with Crippen LogP contribution in [0, 0.1) is 0 Å². The maximum Gasteiger partial charge on any atom is 0.573 e. The highest BCUT2D eigenvalue weighted by Gasteiger charge is 2.40. The lowest BCUT2D eigenvalue weighted by Crippen LogP contribution is -2.32. The summed E-state index contributed by atoms with van der Waals surface area (Å²) < 4.78 is 40.0. The Balaban J connectivity index is 1.55. The lowest BCUT2D eigenvalue weighted by atomic mass is 10.2. The molecule has 2 aliphatic rings. The van der Waals surface area contributed by atoms with Gasteiger partial charge in [0.05, 0.1) is 6.54 Å². The van der Waals surface area contributed by atoms with Crippen molar-refractivity contribution in [2.75, 3.05) is 18.4 Å². The van der Waals surface area contributed by atoms with E-state index in [0.717, 1.165) is 12.1 Å². The van der Waals surface area contributed by atoms with Gasteiger partial charge in [-0.25, -0.2) is 0 Å². The largest absolute Gasteiger partial charge is 0.573 e. The summed E-state index contributed by atoms with van der Waals surface area (Å²) in [7, 11) is 0. The van der Waals surface area contributed by atoms with Gasteiger partial charge in [0, 0.05) is 18.7 Å². The first kappa shape index (κ1) is 16.6. The van der Waals surface area contributed by atoms with Crippen LogP contribution in [0.25, 0.3) is 0 Å². The molecule has 0 radical (unpaired) electrons. The minimum absolute atomic E-state index is 0.0280. The lowest BCUT2D eigenvalue weighted by molar-refractivity contribution is -0.274. The van der Waals surface area contributed by atoms with Crippen molar-refractivity contribution in [3.63, 3.8) is 0 Å². The van der Waals surface area contributed by atoms with E-state index in [4.69, 9.17) is 0 Å². The Bertz CT molecular complexity index is 691. The van der Waals surface area contributed by atoms with E-state index in [0.29, 0.717) is 23.9 Å². The molecule has 1 aromatic rings. The van der Waals surface area contributed by atoms with Crippen LogP contribution in [0.2, 0.25) is 0 Å². The van der Waals surface area contributed by atoms with Crippen molar-refractivity contribution in [1.82, 2.24) is 4.90 Å². The fraction of sp³-hybridized carbons (Fsp3) is 0.357. The molecule has 24 heavy (non-hydrogen) atoms. The van der Waals surface area contributed by atoms with Crippen LogP contribution in [0.4, 0.5) is 18.9 Å². The number of ether oxygens (including phenoxy) is 1. The smallest absolute Gasteiger partial charge is 0.406 e. The summed E-state index contributed by atoms with van der Waals surface area (Å²) >= 11 is 1.26. The lowest BCUT2D eigenvalue weighted by Gasteiger charge is -2.11. The second kappa shape index (κ2) is 6.34. The van der Waals surface area contributed by atoms with Crippen molar-refractivity contribution in [1.29, 1.82) is 0 Å². The number of carbonyl (C=O) groups is 2. The molecule has 6 nitrogen and oxygen atoms in total. The molecule has 0 aromatic heterocycles. The number of hydrogen-bond donors (Lipinski definition) is 1. The number of thioether (sulfide) groups is 1. The normalized spacial score (nSPS) is 20.0. The van der Waals surface area contributed by atoms with Gasteiger partial charge in [-0.1, -0.05) is 11.8 Å². The number of nitrogens with zero attached hydrogens (tertiary/aromatic N) is 2. The first-order valence-electron chi connectivity index (χ1n) is 7.00. The monoisotopic (exact) mass is 359 g/mol. The number of rotatable bonds is 4. The number of alkyl halides is 3. The summed E-state index contributed by atoms with van der Waals surface area (Å²) in [6.07, 6.45) is -4.79. The predicted molar refractivity (Wildman–Crippen MR) is 81.8 cm³/mol. The highest BCUT2D eigenvalue weighted by Crippen LogP contribution is 2.32. The number of benzene rings is 1. The fourth-order valence-corrected chi connectivity index (χ4v) is 3.52. The summed E-state index contributed by atoms with van der Waals surface area (Å²) in [5, 5.41) is 2.67. The van der Waals surface area contributed by atoms with E-state index < -0.39 is 17.5 Å². The van der Waals surface area contributed by atoms with E-state index in [1.165, 1.54) is 23.9 Å². The molecule has 0 spiro atoms. The molecule has 0 unspecified atom stereocenters. The summed E-state index contributed by atoms with van der Waals surface area (Å²) in [4.78, 5) is 29.8. The molecule has 1 saturated heterocycles. The van der Waals surface area contributed by atoms with Crippen molar-refractivity contribution >= 4 is 34.4 Å². The van der Waals surface area contributed by atoms with Crippen LogP contribution in [-0.4, -0.2) is 46.6 Å². The topological polar surface area (TPSA) is 71.0 Å². The highest BCUT2D eigenvalue weighted by atomic mass is 32.2. The second-order valence-electron chi connectivity index (χ2n) is 5.09. The first-order valence-corrected chi connectivity index (χ1v) is 7.88. The number of fused-ring (bicyclic) bond motifs is 1. The third-order valence-corrected chi connectivity index (χ3v) is 4.55. The number of carbonyl (C=O) groups excluding carboxylic acids is 2. The Kier molecular flexibility index (Phi) is 4.39. The van der Waals surface area contributed by atoms with E-state index in [9.17, 15) is 22.8 Å². The molecule has 128 valence electrons. The molecule has 0 bridgehead atoms. The maximum absolute atomic E-state index is 12.1. The van der Waals surface area contributed by atoms with Gasteiger partial charge in [-0.2, -0.15) is 0 Å². The number of amides is 2. The molecule has 1 atom stereocenters. The van der Waals surface area contributed by atoms with Crippen molar-refractivity contribution in [2.24, 2.45) is 4.99 Å². The molecule has 3 rings (SSSR count). The van der Waals surface area contributed by atoms with Crippen LogP contribution in [0.3, 0.4) is 0 Å². The van der Waals surface area contributed by atoms with Gasteiger partial charge in [-0.3, -0.25) is 19.5 Å². The number of amidine groups is 1. The zero-order chi connectivity index (χ0) is 17.3. The number of hydrogen-bond acceptors (Lipinski definition) is 5. The van der Waals surface area contributed by atoms with Gasteiger partial charge >= 0.3 is 6.36 Å². The van der Waals surface area contributed by atoms with Gasteiger partial charge in [-0.05, 0) is 24.3 Å². The van der Waals surface area contributed by atoms with Crippen molar-refractivity contribution in [3.05, 3.63) is 24.3 Å². The Hall–Kier alpha value is -2.23. The van der Waals surface area contributed by atoms with Crippen LogP contribution in [-0.2, 0) is 9.59 Å². The minimum Gasteiger partial charge on any atom is -0.406 e. The molecule has 2 heterocycles. The Labute approximate surface area is 139 Å². The van der Waals surface area contributed by atoms with Gasteiger partial charge < -0.3 is 10.1 Å². The van der Waals surface area contributed by atoms with Gasteiger partial charge in [0.1, 0.15) is 11.0 Å². The molecular formula is C14H12F3N3O3S. The Morgan fingerprint density at radius 2 is 2.08 bits per heavy atom. The Morgan fingerprint density at radius 1 is 1.38 bits per heavy atom. The van der Waals surface area contributed by atoms with E-state index in [2.05, 4.69) is 15.0 Å². The number of aliphatic imine (C=N–C) groups is 1. The van der Waals surface area contributed by atoms with Gasteiger partial charge in [0.25, 0.3) is 0 Å². The van der Waals surface area contributed by atoms with E-state index in [1.54, 1.807) is 4.90 Å². The molecule has 0 aliphatic carbocycles. The third-order valence-electron chi connectivity index (χ3n) is 3.33. The zero-order valence-corrected chi connectivity index (χ0v) is 13.0. The average molecular weight is 359 g/mol. The quantitative estimate of drug-likeness (QED) is 0.895. The maximum atomic E-state index is 12.1. The molecule has 1 N–H and O–H groups in total. The van der Waals surface area contributed by atoms with Crippen LogP contribution in [0.1, 0.15) is 6.42 Å². The summed E-state index contributed by atoms with van der Waals surface area (Å²) in [6, 6.07) is 4.79. The van der Waals surface area contributed by atoms with Crippen LogP contribution in [0.5, 0.6) is 5.75 Å². The summed E-state index contributed by atoms with van der Waals surface area (Å²) in [5.74, 6) is -0.909. The van der Waals surface area contributed by atoms with Gasteiger partial charge in [0.2, 0.25) is 11.8 Å². The van der Waals surface area contributed by atoms with E-state index in [1.807, 2.05) is 0 Å². The van der Waals surface area contributed by atoms with Gasteiger partial charge in [-0.15, -0.1) is 13.2 Å². The third kappa shape index (κ3) is 3.81. The fourth-order valence-electron chi connectivity index (χ4n) is 2.33. The molecule has 0 saturated carbocycles. The van der Waals surface area contributed by atoms with Crippen molar-refractivity contribution < 1.29 is 27.5 Å². The van der Waals surface area contributed by atoms with Crippen LogP contribution >= 0.6 is 11.8 Å².